The molecule has 1 heterocycles. The summed E-state index contributed by atoms with van der Waals surface area (Å²) in [4.78, 5) is 7.58. The Morgan fingerprint density at radius 1 is 1.35 bits per heavy atom. The summed E-state index contributed by atoms with van der Waals surface area (Å²) in [6.07, 6.45) is 1.85. The van der Waals surface area contributed by atoms with Crippen LogP contribution in [0.2, 0.25) is 5.02 Å². The molecule has 1 aromatic carbocycles. The fourth-order valence-corrected chi connectivity index (χ4v) is 3.56. The van der Waals surface area contributed by atoms with Gasteiger partial charge in [0.05, 0.1) is 0 Å². The summed E-state index contributed by atoms with van der Waals surface area (Å²) < 4.78 is 0. The Morgan fingerprint density at radius 2 is 2.05 bits per heavy atom. The minimum Gasteiger partial charge on any atom is -0.375 e. The van der Waals surface area contributed by atoms with Crippen molar-refractivity contribution in [3.05, 3.63) is 45.9 Å². The van der Waals surface area contributed by atoms with E-state index in [0.29, 0.717) is 11.0 Å². The predicted octanol–water partition coefficient (Wildman–Crippen LogP) is 4.21. The van der Waals surface area contributed by atoms with Crippen molar-refractivity contribution in [3.8, 4) is 0 Å². The van der Waals surface area contributed by atoms with Gasteiger partial charge in [-0.15, -0.1) is 11.3 Å². The second-order valence-corrected chi connectivity index (χ2v) is 6.84. The van der Waals surface area contributed by atoms with E-state index in [0.717, 1.165) is 11.6 Å². The lowest BCUT2D eigenvalue weighted by atomic mass is 9.94. The molecule has 2 N–H and O–H groups in total. The van der Waals surface area contributed by atoms with Crippen LogP contribution in [0.3, 0.4) is 0 Å². The first-order valence-corrected chi connectivity index (χ1v) is 7.83. The third kappa shape index (κ3) is 3.51. The Morgan fingerprint density at radius 3 is 2.60 bits per heavy atom. The number of hydrogen-bond acceptors (Lipinski definition) is 4. The first-order chi connectivity index (χ1) is 9.49. The van der Waals surface area contributed by atoms with Crippen molar-refractivity contribution in [2.75, 3.05) is 12.8 Å². The number of nitrogens with two attached hydrogens (primary N) is 1. The number of hydrogen-bond donors (Lipinski definition) is 1. The Labute approximate surface area is 129 Å². The fraction of sp³-hybridized carbons (Fsp3) is 0.400. The van der Waals surface area contributed by atoms with Crippen LogP contribution in [0.4, 0.5) is 5.13 Å². The van der Waals surface area contributed by atoms with E-state index in [2.05, 4.69) is 36.8 Å². The Hall–Kier alpha value is -1.10. The number of nitrogen functional groups attached to an aromatic ring is 1. The van der Waals surface area contributed by atoms with Gasteiger partial charge in [-0.3, -0.25) is 4.90 Å². The van der Waals surface area contributed by atoms with Crippen LogP contribution in [0.5, 0.6) is 0 Å². The van der Waals surface area contributed by atoms with Crippen LogP contribution < -0.4 is 5.73 Å². The van der Waals surface area contributed by atoms with Gasteiger partial charge < -0.3 is 5.73 Å². The number of benzene rings is 1. The van der Waals surface area contributed by atoms with Crippen molar-refractivity contribution in [2.24, 2.45) is 5.92 Å². The second kappa shape index (κ2) is 6.57. The first kappa shape index (κ1) is 15.3. The summed E-state index contributed by atoms with van der Waals surface area (Å²) in [5.74, 6) is 0.463. The molecule has 0 aliphatic rings. The Balaban J connectivity index is 2.22. The molecule has 0 bridgehead atoms. The van der Waals surface area contributed by atoms with Gasteiger partial charge in [0, 0.05) is 28.7 Å². The monoisotopic (exact) mass is 309 g/mol. The average Bonchev–Trinajstić information content (AvgIpc) is 2.77. The van der Waals surface area contributed by atoms with Gasteiger partial charge in [-0.05, 0) is 24.6 Å². The van der Waals surface area contributed by atoms with Gasteiger partial charge >= 0.3 is 0 Å². The van der Waals surface area contributed by atoms with Gasteiger partial charge in [-0.2, -0.15) is 0 Å². The second-order valence-electron chi connectivity index (χ2n) is 5.29. The highest BCUT2D eigenvalue weighted by atomic mass is 35.5. The number of thiazole rings is 1. The molecule has 3 nitrogen and oxygen atoms in total. The minimum absolute atomic E-state index is 0.270. The normalized spacial score (nSPS) is 13.1. The van der Waals surface area contributed by atoms with E-state index < -0.39 is 0 Å². The van der Waals surface area contributed by atoms with Gasteiger partial charge in [-0.1, -0.05) is 43.6 Å². The maximum Gasteiger partial charge on any atom is 0.180 e. The highest BCUT2D eigenvalue weighted by Crippen LogP contribution is 2.33. The summed E-state index contributed by atoms with van der Waals surface area (Å²) in [5.41, 5.74) is 6.86. The first-order valence-electron chi connectivity index (χ1n) is 6.64. The highest BCUT2D eigenvalue weighted by molar-refractivity contribution is 7.15. The Bertz CT molecular complexity index is 568. The standard InChI is InChI=1S/C15H20ClN3S/c1-10(2)14(12-6-4-5-7-13(12)16)19(3)9-11-8-18-15(17)20-11/h4-8,10,14H,9H2,1-3H3,(H2,17,18). The summed E-state index contributed by atoms with van der Waals surface area (Å²) in [6.45, 7) is 5.25. The smallest absolute Gasteiger partial charge is 0.180 e. The zero-order valence-corrected chi connectivity index (χ0v) is 13.6. The number of rotatable bonds is 5. The molecule has 0 saturated carbocycles. The summed E-state index contributed by atoms with van der Waals surface area (Å²) in [7, 11) is 2.11. The van der Waals surface area contributed by atoms with Crippen LogP contribution in [0, 0.1) is 5.92 Å². The van der Waals surface area contributed by atoms with Gasteiger partial charge in [0.1, 0.15) is 0 Å². The van der Waals surface area contributed by atoms with E-state index in [1.165, 1.54) is 21.8 Å². The lowest BCUT2D eigenvalue weighted by Crippen LogP contribution is -2.28. The number of aromatic nitrogens is 1. The zero-order valence-electron chi connectivity index (χ0n) is 12.0. The lowest BCUT2D eigenvalue weighted by Gasteiger charge is -2.32. The van der Waals surface area contributed by atoms with Crippen LogP contribution in [0.1, 0.15) is 30.3 Å². The quantitative estimate of drug-likeness (QED) is 0.899. The highest BCUT2D eigenvalue weighted by Gasteiger charge is 2.23. The van der Waals surface area contributed by atoms with Crippen molar-refractivity contribution >= 4 is 28.1 Å². The number of anilines is 1. The van der Waals surface area contributed by atoms with Gasteiger partial charge in [0.25, 0.3) is 0 Å². The van der Waals surface area contributed by atoms with E-state index >= 15 is 0 Å². The average molecular weight is 310 g/mol. The molecule has 0 saturated heterocycles. The number of halogens is 1. The topological polar surface area (TPSA) is 42.2 Å². The van der Waals surface area contributed by atoms with E-state index in [-0.39, 0.29) is 6.04 Å². The number of nitrogens with zero attached hydrogens (tertiary/aromatic N) is 2. The van der Waals surface area contributed by atoms with Gasteiger partial charge in [0.15, 0.2) is 5.13 Å². The molecular weight excluding hydrogens is 290 g/mol. The molecule has 1 atom stereocenters. The molecule has 108 valence electrons. The largest absolute Gasteiger partial charge is 0.375 e. The molecular formula is C15H20ClN3S. The molecule has 0 spiro atoms. The molecule has 0 amide bonds. The fourth-order valence-electron chi connectivity index (χ4n) is 2.56. The molecule has 20 heavy (non-hydrogen) atoms. The third-order valence-corrected chi connectivity index (χ3v) is 4.46. The molecule has 0 fully saturated rings. The van der Waals surface area contributed by atoms with Crippen LogP contribution >= 0.6 is 22.9 Å². The van der Waals surface area contributed by atoms with E-state index in [1.54, 1.807) is 0 Å². The van der Waals surface area contributed by atoms with E-state index in [4.69, 9.17) is 17.3 Å². The SMILES string of the molecule is CC(C)C(c1ccccc1Cl)N(C)Cc1cnc(N)s1. The minimum atomic E-state index is 0.270. The van der Waals surface area contributed by atoms with Crippen LogP contribution in [-0.4, -0.2) is 16.9 Å². The molecule has 2 aromatic rings. The zero-order chi connectivity index (χ0) is 14.7. The summed E-state index contributed by atoms with van der Waals surface area (Å²) in [5, 5.41) is 1.44. The maximum absolute atomic E-state index is 6.36. The molecule has 1 aromatic heterocycles. The van der Waals surface area contributed by atoms with Crippen LogP contribution in [0.15, 0.2) is 30.5 Å². The maximum atomic E-state index is 6.36. The van der Waals surface area contributed by atoms with Crippen molar-refractivity contribution in [1.82, 2.24) is 9.88 Å². The van der Waals surface area contributed by atoms with Crippen molar-refractivity contribution < 1.29 is 0 Å². The molecule has 2 rings (SSSR count). The molecule has 5 heteroatoms. The van der Waals surface area contributed by atoms with Gasteiger partial charge in [0.2, 0.25) is 0 Å². The molecule has 0 aliphatic carbocycles. The molecule has 0 aliphatic heterocycles. The molecule has 0 radical (unpaired) electrons. The van der Waals surface area contributed by atoms with Crippen molar-refractivity contribution in [3.63, 3.8) is 0 Å². The van der Waals surface area contributed by atoms with E-state index in [1.807, 2.05) is 24.4 Å². The van der Waals surface area contributed by atoms with Crippen LogP contribution in [0.25, 0.3) is 0 Å². The Kier molecular flexibility index (Phi) is 5.02. The van der Waals surface area contributed by atoms with Crippen molar-refractivity contribution in [1.29, 1.82) is 0 Å². The van der Waals surface area contributed by atoms with Crippen molar-refractivity contribution in [2.45, 2.75) is 26.4 Å². The van der Waals surface area contributed by atoms with Gasteiger partial charge in [-0.25, -0.2) is 4.98 Å². The molecule has 1 unspecified atom stereocenters. The van der Waals surface area contributed by atoms with E-state index in [9.17, 15) is 0 Å². The summed E-state index contributed by atoms with van der Waals surface area (Å²) in [6, 6.07) is 8.32. The third-order valence-electron chi connectivity index (χ3n) is 3.31. The predicted molar refractivity (Wildman–Crippen MR) is 87.0 cm³/mol. The summed E-state index contributed by atoms with van der Waals surface area (Å²) >= 11 is 7.89. The van der Waals surface area contributed by atoms with Crippen LogP contribution in [-0.2, 0) is 6.54 Å². The lowest BCUT2D eigenvalue weighted by molar-refractivity contribution is 0.187.